The Kier molecular flexibility index (Phi) is 3.69. The summed E-state index contributed by atoms with van der Waals surface area (Å²) in [4.78, 5) is 23.1. The molecule has 0 radical (unpaired) electrons. The summed E-state index contributed by atoms with van der Waals surface area (Å²) in [6, 6.07) is 1.97. The molecule has 0 bridgehead atoms. The molecule has 0 aliphatic carbocycles. The van der Waals surface area contributed by atoms with Gasteiger partial charge in [-0.15, -0.1) is 0 Å². The summed E-state index contributed by atoms with van der Waals surface area (Å²) < 4.78 is 32.3. The van der Waals surface area contributed by atoms with Gasteiger partial charge in [0.2, 0.25) is 5.43 Å². The maximum Gasteiger partial charge on any atom is 0.341 e. The number of aromatic carboxylic acids is 1. The SMILES string of the molecule is COc1cc(F)cc2c(=O)c(C(=O)O)cn(CCF)c12. The molecule has 7 heteroatoms. The quantitative estimate of drug-likeness (QED) is 0.929. The van der Waals surface area contributed by atoms with E-state index in [0.29, 0.717) is 0 Å². The minimum absolute atomic E-state index is 0.0440. The number of benzene rings is 1. The van der Waals surface area contributed by atoms with Gasteiger partial charge in [-0.2, -0.15) is 0 Å². The Hall–Kier alpha value is -2.44. The van der Waals surface area contributed by atoms with E-state index < -0.39 is 29.5 Å². The zero-order valence-electron chi connectivity index (χ0n) is 10.5. The topological polar surface area (TPSA) is 68.5 Å². The predicted octanol–water partition coefficient (Wildman–Crippen LogP) is 1.82. The largest absolute Gasteiger partial charge is 0.494 e. The van der Waals surface area contributed by atoms with Crippen LogP contribution in [0.2, 0.25) is 0 Å². The maximum absolute atomic E-state index is 13.5. The zero-order valence-corrected chi connectivity index (χ0v) is 10.5. The number of halogens is 2. The number of aryl methyl sites for hydroxylation is 1. The molecule has 0 saturated heterocycles. The molecule has 0 aliphatic rings. The average Bonchev–Trinajstić information content (AvgIpc) is 2.40. The number of hydrogen-bond donors (Lipinski definition) is 1. The smallest absolute Gasteiger partial charge is 0.341 e. The Morgan fingerprint density at radius 3 is 2.70 bits per heavy atom. The molecular weight excluding hydrogens is 272 g/mol. The Bertz CT molecular complexity index is 739. The highest BCUT2D eigenvalue weighted by Gasteiger charge is 2.18. The Balaban J connectivity index is 2.97. The van der Waals surface area contributed by atoms with Gasteiger partial charge in [-0.05, 0) is 6.07 Å². The standard InChI is InChI=1S/C13H11F2NO4/c1-20-10-5-7(15)4-8-11(10)16(3-2-14)6-9(12(8)17)13(18)19/h4-6H,2-3H2,1H3,(H,18,19). The summed E-state index contributed by atoms with van der Waals surface area (Å²) in [7, 11) is 1.28. The summed E-state index contributed by atoms with van der Waals surface area (Å²) in [6.07, 6.45) is 1.03. The molecule has 2 aromatic rings. The van der Waals surface area contributed by atoms with E-state index in [0.717, 1.165) is 18.3 Å². The fourth-order valence-electron chi connectivity index (χ4n) is 2.04. The van der Waals surface area contributed by atoms with Gasteiger partial charge in [0.1, 0.15) is 23.8 Å². The minimum Gasteiger partial charge on any atom is -0.494 e. The first kappa shape index (κ1) is 14.0. The molecule has 2 rings (SSSR count). The monoisotopic (exact) mass is 283 g/mol. The predicted molar refractivity (Wildman–Crippen MR) is 67.7 cm³/mol. The second-order valence-electron chi connectivity index (χ2n) is 4.06. The number of alkyl halides is 1. The molecule has 0 fully saturated rings. The Morgan fingerprint density at radius 2 is 2.15 bits per heavy atom. The molecule has 5 nitrogen and oxygen atoms in total. The number of aromatic nitrogens is 1. The summed E-state index contributed by atoms with van der Waals surface area (Å²) in [5.41, 5.74) is -1.21. The number of fused-ring (bicyclic) bond motifs is 1. The van der Waals surface area contributed by atoms with E-state index in [9.17, 15) is 18.4 Å². The van der Waals surface area contributed by atoms with Crippen molar-refractivity contribution in [2.24, 2.45) is 0 Å². The van der Waals surface area contributed by atoms with Crippen LogP contribution in [0, 0.1) is 5.82 Å². The van der Waals surface area contributed by atoms with E-state index in [1.165, 1.54) is 11.7 Å². The first-order chi connectivity index (χ1) is 9.49. The van der Waals surface area contributed by atoms with Gasteiger partial charge in [0.05, 0.1) is 24.6 Å². The van der Waals surface area contributed by atoms with Crippen molar-refractivity contribution in [3.05, 3.63) is 39.9 Å². The number of carbonyl (C=O) groups is 1. The van der Waals surface area contributed by atoms with Gasteiger partial charge in [-0.1, -0.05) is 0 Å². The van der Waals surface area contributed by atoms with Crippen molar-refractivity contribution in [3.8, 4) is 5.75 Å². The van der Waals surface area contributed by atoms with Gasteiger partial charge < -0.3 is 14.4 Å². The number of methoxy groups -OCH3 is 1. The van der Waals surface area contributed by atoms with E-state index in [1.54, 1.807) is 0 Å². The minimum atomic E-state index is -1.45. The Labute approximate surface area is 112 Å². The third kappa shape index (κ3) is 2.22. The van der Waals surface area contributed by atoms with Crippen LogP contribution in [0.25, 0.3) is 10.9 Å². The van der Waals surface area contributed by atoms with Crippen molar-refractivity contribution < 1.29 is 23.4 Å². The molecule has 1 aromatic heterocycles. The summed E-state index contributed by atoms with van der Waals surface area (Å²) >= 11 is 0. The number of ether oxygens (including phenoxy) is 1. The lowest BCUT2D eigenvalue weighted by Gasteiger charge is -2.14. The molecule has 106 valence electrons. The van der Waals surface area contributed by atoms with Crippen LogP contribution in [0.5, 0.6) is 5.75 Å². The molecule has 0 atom stereocenters. The van der Waals surface area contributed by atoms with Gasteiger partial charge >= 0.3 is 5.97 Å². The van der Waals surface area contributed by atoms with Gasteiger partial charge in [-0.25, -0.2) is 13.6 Å². The van der Waals surface area contributed by atoms with E-state index in [4.69, 9.17) is 9.84 Å². The highest BCUT2D eigenvalue weighted by Crippen LogP contribution is 2.25. The summed E-state index contributed by atoms with van der Waals surface area (Å²) in [5, 5.41) is 8.82. The zero-order chi connectivity index (χ0) is 14.9. The molecule has 1 aromatic carbocycles. The molecule has 0 saturated carbocycles. The summed E-state index contributed by atoms with van der Waals surface area (Å²) in [6.45, 7) is -0.934. The lowest BCUT2D eigenvalue weighted by molar-refractivity contribution is 0.0694. The lowest BCUT2D eigenvalue weighted by atomic mass is 10.1. The first-order valence-corrected chi connectivity index (χ1v) is 5.69. The van der Waals surface area contributed by atoms with Gasteiger partial charge in [0.15, 0.2) is 0 Å². The second-order valence-corrected chi connectivity index (χ2v) is 4.06. The van der Waals surface area contributed by atoms with Crippen LogP contribution in [0.4, 0.5) is 8.78 Å². The Morgan fingerprint density at radius 1 is 1.45 bits per heavy atom. The van der Waals surface area contributed by atoms with Crippen LogP contribution in [-0.4, -0.2) is 29.4 Å². The first-order valence-electron chi connectivity index (χ1n) is 5.69. The molecule has 1 N–H and O–H groups in total. The van der Waals surface area contributed by atoms with E-state index in [-0.39, 0.29) is 23.2 Å². The number of pyridine rings is 1. The number of nitrogens with zero attached hydrogens (tertiary/aromatic N) is 1. The van der Waals surface area contributed by atoms with Gasteiger partial charge in [0.25, 0.3) is 0 Å². The van der Waals surface area contributed by atoms with Crippen LogP contribution in [0.15, 0.2) is 23.1 Å². The number of hydrogen-bond acceptors (Lipinski definition) is 3. The molecule has 0 spiro atoms. The van der Waals surface area contributed by atoms with Crippen molar-refractivity contribution in [1.82, 2.24) is 4.57 Å². The third-order valence-electron chi connectivity index (χ3n) is 2.88. The lowest BCUT2D eigenvalue weighted by Crippen LogP contribution is -2.20. The molecule has 20 heavy (non-hydrogen) atoms. The van der Waals surface area contributed by atoms with Crippen molar-refractivity contribution in [2.45, 2.75) is 6.54 Å². The van der Waals surface area contributed by atoms with Crippen molar-refractivity contribution in [1.29, 1.82) is 0 Å². The van der Waals surface area contributed by atoms with Crippen LogP contribution in [0.1, 0.15) is 10.4 Å². The molecule has 0 unspecified atom stereocenters. The van der Waals surface area contributed by atoms with Gasteiger partial charge in [-0.3, -0.25) is 4.79 Å². The van der Waals surface area contributed by atoms with E-state index in [1.807, 2.05) is 0 Å². The summed E-state index contributed by atoms with van der Waals surface area (Å²) in [5.74, 6) is -2.14. The highest BCUT2D eigenvalue weighted by molar-refractivity contribution is 5.94. The van der Waals surface area contributed by atoms with E-state index in [2.05, 4.69) is 0 Å². The van der Waals surface area contributed by atoms with Gasteiger partial charge in [0, 0.05) is 12.3 Å². The normalized spacial score (nSPS) is 10.8. The van der Waals surface area contributed by atoms with Crippen LogP contribution in [-0.2, 0) is 6.54 Å². The third-order valence-corrected chi connectivity index (χ3v) is 2.88. The van der Waals surface area contributed by atoms with Crippen LogP contribution >= 0.6 is 0 Å². The second kappa shape index (κ2) is 5.28. The number of carboxylic acids is 1. The molecular formula is C13H11F2NO4. The highest BCUT2D eigenvalue weighted by atomic mass is 19.1. The number of carboxylic acid groups (broad SMARTS) is 1. The number of rotatable bonds is 4. The molecule has 1 heterocycles. The fraction of sp³-hybridized carbons (Fsp3) is 0.231. The van der Waals surface area contributed by atoms with Crippen molar-refractivity contribution in [3.63, 3.8) is 0 Å². The molecule has 0 amide bonds. The fourth-order valence-corrected chi connectivity index (χ4v) is 2.04. The van der Waals surface area contributed by atoms with Crippen LogP contribution < -0.4 is 10.2 Å². The van der Waals surface area contributed by atoms with E-state index >= 15 is 0 Å². The van der Waals surface area contributed by atoms with Crippen LogP contribution in [0.3, 0.4) is 0 Å². The average molecular weight is 283 g/mol. The van der Waals surface area contributed by atoms with Crippen molar-refractivity contribution in [2.75, 3.05) is 13.8 Å². The molecule has 0 aliphatic heterocycles. The van der Waals surface area contributed by atoms with Crippen molar-refractivity contribution >= 4 is 16.9 Å². The maximum atomic E-state index is 13.5.